The Morgan fingerprint density at radius 2 is 2.00 bits per heavy atom. The van der Waals surface area contributed by atoms with E-state index in [1.165, 1.54) is 12.1 Å². The fourth-order valence-electron chi connectivity index (χ4n) is 1.61. The molecule has 0 fully saturated rings. The van der Waals surface area contributed by atoms with Crippen LogP contribution in [0, 0.1) is 5.82 Å². The molecule has 0 unspecified atom stereocenters. The fourth-order valence-corrected chi connectivity index (χ4v) is 1.61. The summed E-state index contributed by atoms with van der Waals surface area (Å²) in [4.78, 5) is 14.5. The van der Waals surface area contributed by atoms with Crippen LogP contribution in [-0.4, -0.2) is 17.6 Å². The van der Waals surface area contributed by atoms with Gasteiger partial charge in [0, 0.05) is 11.8 Å². The first-order chi connectivity index (χ1) is 8.22. The summed E-state index contributed by atoms with van der Waals surface area (Å²) in [6.45, 7) is 2.07. The first kappa shape index (κ1) is 11.4. The number of hydrogen-bond acceptors (Lipinski definition) is 2. The number of nitrogens with one attached hydrogen (secondary N) is 1. The normalized spacial score (nSPS) is 10.2. The zero-order chi connectivity index (χ0) is 12.3. The number of ether oxygens (including phenoxy) is 1. The van der Waals surface area contributed by atoms with E-state index in [0.717, 1.165) is 5.56 Å². The molecule has 0 radical (unpaired) electrons. The highest BCUT2D eigenvalue weighted by atomic mass is 19.1. The molecule has 0 saturated heterocycles. The van der Waals surface area contributed by atoms with Gasteiger partial charge >= 0.3 is 5.97 Å². The standard InChI is InChI=1S/C13H12FNO2/c1-2-17-13(16)12-11(7-8-15-12)9-3-5-10(14)6-4-9/h3-8,15H,2H2,1H3. The lowest BCUT2D eigenvalue weighted by Crippen LogP contribution is -2.06. The maximum atomic E-state index is 12.8. The molecule has 1 aromatic heterocycles. The highest BCUT2D eigenvalue weighted by molar-refractivity contribution is 5.95. The molecule has 4 heteroatoms. The van der Waals surface area contributed by atoms with Gasteiger partial charge in [0.25, 0.3) is 0 Å². The van der Waals surface area contributed by atoms with Gasteiger partial charge < -0.3 is 9.72 Å². The van der Waals surface area contributed by atoms with Crippen molar-refractivity contribution in [3.63, 3.8) is 0 Å². The molecule has 0 aliphatic heterocycles. The molecular formula is C13H12FNO2. The number of aromatic nitrogens is 1. The van der Waals surface area contributed by atoms with Gasteiger partial charge in [-0.05, 0) is 30.7 Å². The molecular weight excluding hydrogens is 221 g/mol. The summed E-state index contributed by atoms with van der Waals surface area (Å²) in [5, 5.41) is 0. The van der Waals surface area contributed by atoms with Gasteiger partial charge in [-0.1, -0.05) is 12.1 Å². The third-order valence-corrected chi connectivity index (χ3v) is 2.38. The van der Waals surface area contributed by atoms with Gasteiger partial charge in [0.15, 0.2) is 0 Å². The Kier molecular flexibility index (Phi) is 3.23. The predicted octanol–water partition coefficient (Wildman–Crippen LogP) is 3.00. The van der Waals surface area contributed by atoms with Crippen molar-refractivity contribution in [3.8, 4) is 11.1 Å². The van der Waals surface area contributed by atoms with Gasteiger partial charge in [-0.25, -0.2) is 9.18 Å². The van der Waals surface area contributed by atoms with Crippen molar-refractivity contribution in [3.05, 3.63) is 48.0 Å². The quantitative estimate of drug-likeness (QED) is 0.828. The summed E-state index contributed by atoms with van der Waals surface area (Å²) in [7, 11) is 0. The van der Waals surface area contributed by atoms with Crippen LogP contribution >= 0.6 is 0 Å². The van der Waals surface area contributed by atoms with E-state index < -0.39 is 5.97 Å². The molecule has 3 nitrogen and oxygen atoms in total. The van der Waals surface area contributed by atoms with E-state index in [4.69, 9.17) is 4.74 Å². The molecule has 2 rings (SSSR count). The van der Waals surface area contributed by atoms with Crippen molar-refractivity contribution in [1.82, 2.24) is 4.98 Å². The van der Waals surface area contributed by atoms with E-state index in [9.17, 15) is 9.18 Å². The summed E-state index contributed by atoms with van der Waals surface area (Å²) in [5.74, 6) is -0.709. The van der Waals surface area contributed by atoms with Crippen LogP contribution < -0.4 is 0 Å². The number of H-pyrrole nitrogens is 1. The number of aromatic amines is 1. The van der Waals surface area contributed by atoms with Crippen molar-refractivity contribution in [1.29, 1.82) is 0 Å². The Bertz CT molecular complexity index is 516. The lowest BCUT2D eigenvalue weighted by Gasteiger charge is -2.04. The maximum Gasteiger partial charge on any atom is 0.355 e. The molecule has 2 aromatic rings. The molecule has 0 aliphatic carbocycles. The molecule has 0 atom stereocenters. The van der Waals surface area contributed by atoms with Gasteiger partial charge in [0.05, 0.1) is 6.61 Å². The molecule has 17 heavy (non-hydrogen) atoms. The number of carbonyl (C=O) groups is 1. The van der Waals surface area contributed by atoms with E-state index in [2.05, 4.69) is 4.98 Å². The van der Waals surface area contributed by atoms with E-state index in [1.54, 1.807) is 31.3 Å². The van der Waals surface area contributed by atoms with Crippen molar-refractivity contribution in [2.24, 2.45) is 0 Å². The van der Waals surface area contributed by atoms with E-state index >= 15 is 0 Å². The smallest absolute Gasteiger partial charge is 0.355 e. The second-order valence-electron chi connectivity index (χ2n) is 3.49. The van der Waals surface area contributed by atoms with Gasteiger partial charge in [-0.3, -0.25) is 0 Å². The largest absolute Gasteiger partial charge is 0.461 e. The van der Waals surface area contributed by atoms with Crippen molar-refractivity contribution < 1.29 is 13.9 Å². The Morgan fingerprint density at radius 3 is 2.65 bits per heavy atom. The number of esters is 1. The van der Waals surface area contributed by atoms with Gasteiger partial charge in [-0.2, -0.15) is 0 Å². The van der Waals surface area contributed by atoms with Crippen LogP contribution in [0.5, 0.6) is 0 Å². The molecule has 88 valence electrons. The number of rotatable bonds is 3. The van der Waals surface area contributed by atoms with Gasteiger partial charge in [0.2, 0.25) is 0 Å². The van der Waals surface area contributed by atoms with Crippen LogP contribution in [-0.2, 0) is 4.74 Å². The van der Waals surface area contributed by atoms with Crippen LogP contribution in [0.25, 0.3) is 11.1 Å². The van der Waals surface area contributed by atoms with Crippen LogP contribution in [0.1, 0.15) is 17.4 Å². The molecule has 0 saturated carbocycles. The third kappa shape index (κ3) is 2.36. The van der Waals surface area contributed by atoms with Crippen molar-refractivity contribution >= 4 is 5.97 Å². The highest BCUT2D eigenvalue weighted by Crippen LogP contribution is 2.23. The number of carbonyl (C=O) groups excluding carboxylic acids is 1. The molecule has 1 heterocycles. The van der Waals surface area contributed by atoms with Crippen molar-refractivity contribution in [2.45, 2.75) is 6.92 Å². The first-order valence-electron chi connectivity index (χ1n) is 5.33. The van der Waals surface area contributed by atoms with E-state index in [-0.39, 0.29) is 5.82 Å². The second-order valence-corrected chi connectivity index (χ2v) is 3.49. The van der Waals surface area contributed by atoms with Gasteiger partial charge in [0.1, 0.15) is 11.5 Å². The molecule has 0 bridgehead atoms. The number of hydrogen-bond donors (Lipinski definition) is 1. The topological polar surface area (TPSA) is 42.1 Å². The Morgan fingerprint density at radius 1 is 1.29 bits per heavy atom. The van der Waals surface area contributed by atoms with Crippen LogP contribution in [0.15, 0.2) is 36.5 Å². The summed E-state index contributed by atoms with van der Waals surface area (Å²) in [5.41, 5.74) is 1.87. The van der Waals surface area contributed by atoms with Crippen LogP contribution in [0.2, 0.25) is 0 Å². The minimum Gasteiger partial charge on any atom is -0.461 e. The lowest BCUT2D eigenvalue weighted by molar-refractivity contribution is 0.0521. The van der Waals surface area contributed by atoms with Crippen LogP contribution in [0.3, 0.4) is 0 Å². The van der Waals surface area contributed by atoms with Crippen LogP contribution in [0.4, 0.5) is 4.39 Å². The summed E-state index contributed by atoms with van der Waals surface area (Å²) in [6.07, 6.45) is 1.66. The molecule has 0 amide bonds. The van der Waals surface area contributed by atoms with Crippen molar-refractivity contribution in [2.75, 3.05) is 6.61 Å². The monoisotopic (exact) mass is 233 g/mol. The average Bonchev–Trinajstić information content (AvgIpc) is 2.79. The zero-order valence-corrected chi connectivity index (χ0v) is 9.37. The fraction of sp³-hybridized carbons (Fsp3) is 0.154. The van der Waals surface area contributed by atoms with E-state index in [0.29, 0.717) is 17.9 Å². The summed E-state index contributed by atoms with van der Waals surface area (Å²) >= 11 is 0. The maximum absolute atomic E-state index is 12.8. The Hall–Kier alpha value is -2.10. The van der Waals surface area contributed by atoms with E-state index in [1.807, 2.05) is 0 Å². The minimum atomic E-state index is -0.406. The molecule has 0 spiro atoms. The number of halogens is 1. The third-order valence-electron chi connectivity index (χ3n) is 2.38. The molecule has 1 N–H and O–H groups in total. The SMILES string of the molecule is CCOC(=O)c1[nH]ccc1-c1ccc(F)cc1. The molecule has 1 aromatic carbocycles. The molecule has 0 aliphatic rings. The summed E-state index contributed by atoms with van der Waals surface area (Å²) in [6, 6.07) is 7.73. The van der Waals surface area contributed by atoms with Gasteiger partial charge in [-0.15, -0.1) is 0 Å². The average molecular weight is 233 g/mol. The first-order valence-corrected chi connectivity index (χ1v) is 5.33. The Balaban J connectivity index is 2.36. The second kappa shape index (κ2) is 4.82. The zero-order valence-electron chi connectivity index (χ0n) is 9.37. The number of benzene rings is 1. The highest BCUT2D eigenvalue weighted by Gasteiger charge is 2.14. The summed E-state index contributed by atoms with van der Waals surface area (Å²) < 4.78 is 17.7. The predicted molar refractivity (Wildman–Crippen MR) is 62.1 cm³/mol. The lowest BCUT2D eigenvalue weighted by atomic mass is 10.1. The minimum absolute atomic E-state index is 0.304. The Labute approximate surface area is 98.2 Å².